The first-order valence-electron chi connectivity index (χ1n) is 11.4. The summed E-state index contributed by atoms with van der Waals surface area (Å²) in [7, 11) is 0. The topological polar surface area (TPSA) is 78.9 Å². The number of hydrogen-bond acceptors (Lipinski definition) is 5. The smallest absolute Gasteiger partial charge is 0.290 e. The molecule has 6 nitrogen and oxygen atoms in total. The average Bonchev–Trinajstić information content (AvgIpc) is 3.54. The van der Waals surface area contributed by atoms with E-state index in [0.717, 1.165) is 43.9 Å². The molecule has 1 amide bonds. The number of rotatable bonds is 6. The van der Waals surface area contributed by atoms with Crippen molar-refractivity contribution in [2.75, 3.05) is 19.6 Å². The van der Waals surface area contributed by atoms with Crippen LogP contribution in [0.5, 0.6) is 0 Å². The molecule has 7 heteroatoms. The fourth-order valence-electron chi connectivity index (χ4n) is 5.62. The Labute approximate surface area is 193 Å². The maximum atomic E-state index is 12.6. The van der Waals surface area contributed by atoms with E-state index in [9.17, 15) is 4.79 Å². The second-order valence-corrected chi connectivity index (χ2v) is 10.3. The second-order valence-electron chi connectivity index (χ2n) is 9.12. The zero-order valence-electron chi connectivity index (χ0n) is 18.8. The third kappa shape index (κ3) is 4.60. The number of ether oxygens (including phenoxy) is 1. The van der Waals surface area contributed by atoms with Crippen LogP contribution in [0.25, 0.3) is 0 Å². The SMILES string of the molecule is CCc1ccc(C(=O)NC[C@H]2[C@H]3CN(Cc4ccc(C)cc4)C[C@]34CC[C@H]2O4)s1.O=CO. The van der Waals surface area contributed by atoms with Gasteiger partial charge in [-0.3, -0.25) is 14.5 Å². The lowest BCUT2D eigenvalue weighted by atomic mass is 9.73. The molecule has 0 unspecified atom stereocenters. The van der Waals surface area contributed by atoms with E-state index in [2.05, 4.69) is 54.4 Å². The highest BCUT2D eigenvalue weighted by molar-refractivity contribution is 7.14. The molecule has 172 valence electrons. The van der Waals surface area contributed by atoms with Gasteiger partial charge in [-0.1, -0.05) is 36.8 Å². The number of amides is 1. The third-order valence-electron chi connectivity index (χ3n) is 7.11. The van der Waals surface area contributed by atoms with Crippen LogP contribution in [0.2, 0.25) is 0 Å². The zero-order chi connectivity index (χ0) is 22.7. The van der Waals surface area contributed by atoms with E-state index in [1.165, 1.54) is 22.4 Å². The first-order chi connectivity index (χ1) is 15.5. The van der Waals surface area contributed by atoms with Crippen LogP contribution in [0.15, 0.2) is 36.4 Å². The minimum Gasteiger partial charge on any atom is -0.483 e. The molecule has 2 bridgehead atoms. The van der Waals surface area contributed by atoms with Gasteiger partial charge in [0.05, 0.1) is 16.6 Å². The van der Waals surface area contributed by atoms with Gasteiger partial charge in [0.2, 0.25) is 0 Å². The number of likely N-dealkylation sites (tertiary alicyclic amines) is 1. The molecule has 1 spiro atoms. The molecular formula is C25H32N2O4S. The fourth-order valence-corrected chi connectivity index (χ4v) is 6.48. The summed E-state index contributed by atoms with van der Waals surface area (Å²) >= 11 is 1.61. The summed E-state index contributed by atoms with van der Waals surface area (Å²) in [6.07, 6.45) is 3.60. The first kappa shape index (κ1) is 23.0. The predicted molar refractivity (Wildman–Crippen MR) is 125 cm³/mol. The molecule has 5 rings (SSSR count). The second kappa shape index (κ2) is 9.73. The number of carbonyl (C=O) groups excluding carboxylic acids is 1. The van der Waals surface area contributed by atoms with Gasteiger partial charge >= 0.3 is 0 Å². The van der Waals surface area contributed by atoms with Crippen molar-refractivity contribution < 1.29 is 19.4 Å². The molecule has 3 fully saturated rings. The highest BCUT2D eigenvalue weighted by atomic mass is 32.1. The van der Waals surface area contributed by atoms with Crippen LogP contribution < -0.4 is 5.32 Å². The molecule has 3 aliphatic rings. The number of carbonyl (C=O) groups is 2. The van der Waals surface area contributed by atoms with Crippen LogP contribution >= 0.6 is 11.3 Å². The van der Waals surface area contributed by atoms with Gasteiger partial charge in [-0.05, 0) is 43.9 Å². The van der Waals surface area contributed by atoms with Crippen molar-refractivity contribution in [2.24, 2.45) is 11.8 Å². The van der Waals surface area contributed by atoms with Gasteiger partial charge in [-0.15, -0.1) is 11.3 Å². The highest BCUT2D eigenvalue weighted by Crippen LogP contribution is 2.54. The van der Waals surface area contributed by atoms with Gasteiger partial charge < -0.3 is 15.2 Å². The number of nitrogens with zero attached hydrogens (tertiary/aromatic N) is 1. The number of fused-ring (bicyclic) bond motifs is 1. The number of nitrogens with one attached hydrogen (secondary N) is 1. The summed E-state index contributed by atoms with van der Waals surface area (Å²) in [6, 6.07) is 12.9. The molecule has 3 aliphatic heterocycles. The van der Waals surface area contributed by atoms with E-state index < -0.39 is 0 Å². The van der Waals surface area contributed by atoms with Crippen LogP contribution in [-0.2, 0) is 22.5 Å². The van der Waals surface area contributed by atoms with Crippen molar-refractivity contribution in [2.45, 2.75) is 51.4 Å². The molecular weight excluding hydrogens is 424 g/mol. The van der Waals surface area contributed by atoms with Crippen LogP contribution in [0, 0.1) is 18.8 Å². The molecule has 2 aromatic rings. The lowest BCUT2D eigenvalue weighted by Crippen LogP contribution is -2.41. The lowest BCUT2D eigenvalue weighted by Gasteiger charge is -2.29. The summed E-state index contributed by atoms with van der Waals surface area (Å²) in [4.78, 5) is 25.6. The normalized spacial score (nSPS) is 28.1. The summed E-state index contributed by atoms with van der Waals surface area (Å²) in [5.41, 5.74) is 2.69. The van der Waals surface area contributed by atoms with Crippen molar-refractivity contribution in [3.05, 3.63) is 57.3 Å². The monoisotopic (exact) mass is 456 g/mol. The van der Waals surface area contributed by atoms with Crippen LogP contribution in [0.4, 0.5) is 0 Å². The quantitative estimate of drug-likeness (QED) is 0.648. The molecule has 32 heavy (non-hydrogen) atoms. The molecule has 1 aromatic carbocycles. The fraction of sp³-hybridized carbons (Fsp3) is 0.520. The zero-order valence-corrected chi connectivity index (χ0v) is 19.6. The van der Waals surface area contributed by atoms with Crippen LogP contribution in [0.1, 0.15) is 45.4 Å². The summed E-state index contributed by atoms with van der Waals surface area (Å²) < 4.78 is 6.55. The van der Waals surface area contributed by atoms with E-state index in [4.69, 9.17) is 14.6 Å². The predicted octanol–water partition coefficient (Wildman–Crippen LogP) is 3.73. The van der Waals surface area contributed by atoms with Crippen molar-refractivity contribution in [3.63, 3.8) is 0 Å². The highest BCUT2D eigenvalue weighted by Gasteiger charge is 2.62. The Morgan fingerprint density at radius 1 is 1.31 bits per heavy atom. The van der Waals surface area contributed by atoms with E-state index >= 15 is 0 Å². The number of thiophene rings is 1. The molecule has 1 aromatic heterocycles. The Morgan fingerprint density at radius 2 is 2.06 bits per heavy atom. The Bertz CT molecular complexity index is 944. The summed E-state index contributed by atoms with van der Waals surface area (Å²) in [5, 5.41) is 10.1. The van der Waals surface area contributed by atoms with Gasteiger partial charge in [0.15, 0.2) is 0 Å². The van der Waals surface area contributed by atoms with Gasteiger partial charge in [-0.25, -0.2) is 0 Å². The van der Waals surface area contributed by atoms with E-state index in [1.807, 2.05) is 6.07 Å². The van der Waals surface area contributed by atoms with E-state index in [0.29, 0.717) is 17.9 Å². The molecule has 0 saturated carbocycles. The lowest BCUT2D eigenvalue weighted by molar-refractivity contribution is -0.122. The number of hydrogen-bond donors (Lipinski definition) is 2. The third-order valence-corrected chi connectivity index (χ3v) is 8.34. The number of carboxylic acid groups (broad SMARTS) is 1. The maximum Gasteiger partial charge on any atom is 0.290 e. The van der Waals surface area contributed by atoms with Gasteiger partial charge in [0, 0.05) is 42.9 Å². The molecule has 4 heterocycles. The number of benzene rings is 1. The molecule has 3 saturated heterocycles. The van der Waals surface area contributed by atoms with Gasteiger partial charge in [0.25, 0.3) is 12.4 Å². The van der Waals surface area contributed by atoms with Crippen molar-refractivity contribution in [1.29, 1.82) is 0 Å². The van der Waals surface area contributed by atoms with Crippen molar-refractivity contribution in [3.8, 4) is 0 Å². The van der Waals surface area contributed by atoms with E-state index in [1.54, 1.807) is 11.3 Å². The van der Waals surface area contributed by atoms with Crippen LogP contribution in [0.3, 0.4) is 0 Å². The molecule has 0 radical (unpaired) electrons. The van der Waals surface area contributed by atoms with Gasteiger partial charge in [-0.2, -0.15) is 0 Å². The Balaban J connectivity index is 0.000000775. The number of aryl methyl sites for hydroxylation is 2. The first-order valence-corrected chi connectivity index (χ1v) is 12.2. The molecule has 0 aliphatic carbocycles. The Morgan fingerprint density at radius 3 is 2.75 bits per heavy atom. The minimum atomic E-state index is -0.250. The van der Waals surface area contributed by atoms with Crippen LogP contribution in [-0.4, -0.2) is 53.7 Å². The Hall–Kier alpha value is -2.22. The van der Waals surface area contributed by atoms with Crippen molar-refractivity contribution >= 4 is 23.7 Å². The van der Waals surface area contributed by atoms with E-state index in [-0.39, 0.29) is 18.0 Å². The largest absolute Gasteiger partial charge is 0.483 e. The summed E-state index contributed by atoms with van der Waals surface area (Å²) in [6.45, 7) is 7.82. The maximum absolute atomic E-state index is 12.6. The standard InChI is InChI=1S/C24H30N2O2S.CH2O2/c1-3-18-8-9-22(29-18)23(27)25-12-19-20-14-26(13-17-6-4-16(2)5-7-17)15-24(20)11-10-21(19)28-24;2-1-3/h4-9,19-21H,3,10-15H2,1-2H3,(H,25,27);1H,(H,2,3)/t19-,20+,21+,24+;/m0./s1. The summed E-state index contributed by atoms with van der Waals surface area (Å²) in [5.74, 6) is 1.03. The minimum absolute atomic E-state index is 0.0169. The molecule has 2 N–H and O–H groups in total. The van der Waals surface area contributed by atoms with Gasteiger partial charge in [0.1, 0.15) is 0 Å². The molecule has 4 atom stereocenters. The van der Waals surface area contributed by atoms with Crippen molar-refractivity contribution in [1.82, 2.24) is 10.2 Å². The Kier molecular flexibility index (Phi) is 6.98. The average molecular weight is 457 g/mol.